The van der Waals surface area contributed by atoms with Gasteiger partial charge in [-0.05, 0) is 25.0 Å². The topological polar surface area (TPSA) is 32.9 Å². The van der Waals surface area contributed by atoms with Crippen molar-refractivity contribution in [3.8, 4) is 0 Å². The van der Waals surface area contributed by atoms with E-state index in [1.54, 1.807) is 0 Å². The summed E-state index contributed by atoms with van der Waals surface area (Å²) in [6.07, 6.45) is 3.00. The van der Waals surface area contributed by atoms with Crippen LogP contribution < -0.4 is 24.0 Å². The standard InChI is InChI=1S/C12H20N2O.HI/c1-10-8-11(12(9-15)13-10)6-5-7-14(2,3)4;/h8-9H,5-7H2,1-4H3;1H. The van der Waals surface area contributed by atoms with Gasteiger partial charge in [0.25, 0.3) is 0 Å². The van der Waals surface area contributed by atoms with Gasteiger partial charge in [-0.3, -0.25) is 4.79 Å². The fraction of sp³-hybridized carbons (Fsp3) is 0.583. The van der Waals surface area contributed by atoms with E-state index in [4.69, 9.17) is 0 Å². The molecule has 0 aliphatic heterocycles. The first kappa shape index (κ1) is 15.6. The van der Waals surface area contributed by atoms with E-state index in [9.17, 15) is 4.79 Å². The van der Waals surface area contributed by atoms with Gasteiger partial charge in [0.2, 0.25) is 0 Å². The van der Waals surface area contributed by atoms with E-state index in [-0.39, 0.29) is 24.0 Å². The first-order chi connectivity index (χ1) is 6.92. The number of nitrogens with zero attached hydrogens (tertiary/aromatic N) is 1. The quantitative estimate of drug-likeness (QED) is 0.408. The van der Waals surface area contributed by atoms with Gasteiger partial charge in [0.1, 0.15) is 0 Å². The van der Waals surface area contributed by atoms with Gasteiger partial charge in [-0.25, -0.2) is 0 Å². The maximum Gasteiger partial charge on any atom is 0.166 e. The third kappa shape index (κ3) is 5.12. The van der Waals surface area contributed by atoms with E-state index >= 15 is 0 Å². The third-order valence-electron chi connectivity index (χ3n) is 2.46. The highest BCUT2D eigenvalue weighted by Crippen LogP contribution is 2.11. The molecule has 4 heteroatoms. The van der Waals surface area contributed by atoms with E-state index in [0.717, 1.165) is 47.1 Å². The maximum atomic E-state index is 10.8. The summed E-state index contributed by atoms with van der Waals surface area (Å²) in [5.41, 5.74) is 2.96. The number of nitrogens with one attached hydrogen (secondary N) is 1. The van der Waals surface area contributed by atoms with Crippen LogP contribution in [0.5, 0.6) is 0 Å². The Morgan fingerprint density at radius 3 is 2.50 bits per heavy atom. The molecule has 0 unspecified atom stereocenters. The number of carbonyl (C=O) groups excluding carboxylic acids is 1. The minimum atomic E-state index is 0. The lowest BCUT2D eigenvalue weighted by Gasteiger charge is -2.23. The highest BCUT2D eigenvalue weighted by atomic mass is 127. The van der Waals surface area contributed by atoms with Crippen LogP contribution in [0.4, 0.5) is 0 Å². The van der Waals surface area contributed by atoms with Crippen LogP contribution in [-0.4, -0.2) is 43.4 Å². The van der Waals surface area contributed by atoms with Crippen molar-refractivity contribution < 1.29 is 33.3 Å². The Morgan fingerprint density at radius 1 is 1.38 bits per heavy atom. The number of aldehydes is 1. The SMILES string of the molecule is Cc1cc(CCC[N+](C)(C)C)c(C=O)[nH]1.[I-]. The van der Waals surface area contributed by atoms with E-state index in [2.05, 4.69) is 32.2 Å². The highest BCUT2D eigenvalue weighted by molar-refractivity contribution is 5.74. The molecule has 0 radical (unpaired) electrons. The lowest BCUT2D eigenvalue weighted by Crippen LogP contribution is -3.00. The Bertz CT molecular complexity index is 339. The number of hydrogen-bond acceptors (Lipinski definition) is 1. The number of aryl methyl sites for hydroxylation is 2. The summed E-state index contributed by atoms with van der Waals surface area (Å²) >= 11 is 0. The molecule has 1 rings (SSSR count). The molecule has 16 heavy (non-hydrogen) atoms. The van der Waals surface area contributed by atoms with Gasteiger partial charge < -0.3 is 33.4 Å². The van der Waals surface area contributed by atoms with Crippen LogP contribution >= 0.6 is 0 Å². The van der Waals surface area contributed by atoms with Gasteiger partial charge in [0.05, 0.1) is 33.4 Å². The Morgan fingerprint density at radius 2 is 2.00 bits per heavy atom. The number of H-pyrrole nitrogens is 1. The zero-order valence-corrected chi connectivity index (χ0v) is 12.7. The largest absolute Gasteiger partial charge is 1.00 e. The third-order valence-corrected chi connectivity index (χ3v) is 2.46. The summed E-state index contributed by atoms with van der Waals surface area (Å²) in [7, 11) is 6.55. The second-order valence-electron chi connectivity index (χ2n) is 5.13. The van der Waals surface area contributed by atoms with Crippen LogP contribution in [0.25, 0.3) is 0 Å². The predicted molar refractivity (Wildman–Crippen MR) is 62.1 cm³/mol. The van der Waals surface area contributed by atoms with Gasteiger partial charge >= 0.3 is 0 Å². The predicted octanol–water partition coefficient (Wildman–Crippen LogP) is -1.22. The summed E-state index contributed by atoms with van der Waals surface area (Å²) in [5, 5.41) is 0. The van der Waals surface area contributed by atoms with E-state index in [1.807, 2.05) is 6.92 Å². The summed E-state index contributed by atoms with van der Waals surface area (Å²) in [4.78, 5) is 13.8. The van der Waals surface area contributed by atoms with Crippen LogP contribution in [0.3, 0.4) is 0 Å². The average molecular weight is 336 g/mol. The molecule has 0 saturated carbocycles. The van der Waals surface area contributed by atoms with Gasteiger partial charge in [-0.1, -0.05) is 0 Å². The number of halogens is 1. The molecule has 92 valence electrons. The molecule has 0 aliphatic carbocycles. The molecular weight excluding hydrogens is 315 g/mol. The number of aromatic amines is 1. The van der Waals surface area contributed by atoms with Crippen molar-refractivity contribution in [1.29, 1.82) is 0 Å². The van der Waals surface area contributed by atoms with Crippen LogP contribution in [0.2, 0.25) is 0 Å². The summed E-state index contributed by atoms with van der Waals surface area (Å²) < 4.78 is 0.972. The molecule has 0 aliphatic rings. The Hall–Kier alpha value is -0.360. The number of quaternary nitrogens is 1. The van der Waals surface area contributed by atoms with Crippen molar-refractivity contribution in [2.75, 3.05) is 27.7 Å². The van der Waals surface area contributed by atoms with Gasteiger partial charge in [0, 0.05) is 12.1 Å². The molecule has 0 aromatic carbocycles. The van der Waals surface area contributed by atoms with Crippen molar-refractivity contribution in [2.45, 2.75) is 19.8 Å². The van der Waals surface area contributed by atoms with Gasteiger partial charge in [0.15, 0.2) is 6.29 Å². The van der Waals surface area contributed by atoms with Crippen molar-refractivity contribution >= 4 is 6.29 Å². The second-order valence-corrected chi connectivity index (χ2v) is 5.13. The van der Waals surface area contributed by atoms with Gasteiger partial charge in [-0.2, -0.15) is 0 Å². The number of hydrogen-bond donors (Lipinski definition) is 1. The summed E-state index contributed by atoms with van der Waals surface area (Å²) in [5.74, 6) is 0. The molecular formula is C12H21IN2O. The first-order valence-electron chi connectivity index (χ1n) is 5.36. The molecule has 0 bridgehead atoms. The van der Waals surface area contributed by atoms with E-state index in [0.29, 0.717) is 0 Å². The van der Waals surface area contributed by atoms with Crippen LogP contribution in [0.15, 0.2) is 6.07 Å². The maximum absolute atomic E-state index is 10.8. The Kier molecular flexibility index (Phi) is 6.25. The normalized spacial score (nSPS) is 11.0. The zero-order valence-electron chi connectivity index (χ0n) is 10.5. The molecule has 0 atom stereocenters. The number of carbonyl (C=O) groups is 1. The summed E-state index contributed by atoms with van der Waals surface area (Å²) in [6, 6.07) is 2.07. The molecule has 0 spiro atoms. The fourth-order valence-corrected chi connectivity index (χ4v) is 1.72. The Balaban J connectivity index is 0.00000225. The number of rotatable bonds is 5. The van der Waals surface area contributed by atoms with Crippen molar-refractivity contribution in [2.24, 2.45) is 0 Å². The molecule has 0 amide bonds. The van der Waals surface area contributed by atoms with E-state index in [1.165, 1.54) is 0 Å². The minimum absolute atomic E-state index is 0. The number of aromatic nitrogens is 1. The average Bonchev–Trinajstić information content (AvgIpc) is 2.44. The lowest BCUT2D eigenvalue weighted by molar-refractivity contribution is -0.870. The smallest absolute Gasteiger partial charge is 0.166 e. The van der Waals surface area contributed by atoms with Crippen molar-refractivity contribution in [3.63, 3.8) is 0 Å². The molecule has 0 fully saturated rings. The highest BCUT2D eigenvalue weighted by Gasteiger charge is 2.09. The van der Waals surface area contributed by atoms with Crippen LogP contribution in [0, 0.1) is 6.92 Å². The van der Waals surface area contributed by atoms with Crippen molar-refractivity contribution in [3.05, 3.63) is 23.0 Å². The molecule has 1 heterocycles. The van der Waals surface area contributed by atoms with Crippen LogP contribution in [-0.2, 0) is 6.42 Å². The summed E-state index contributed by atoms with van der Waals surface area (Å²) in [6.45, 7) is 3.11. The molecule has 3 nitrogen and oxygen atoms in total. The lowest BCUT2D eigenvalue weighted by atomic mass is 10.1. The monoisotopic (exact) mass is 336 g/mol. The minimum Gasteiger partial charge on any atom is -1.00 e. The fourth-order valence-electron chi connectivity index (χ4n) is 1.72. The molecule has 1 N–H and O–H groups in total. The van der Waals surface area contributed by atoms with Crippen LogP contribution in [0.1, 0.15) is 28.2 Å². The first-order valence-corrected chi connectivity index (χ1v) is 5.36. The zero-order chi connectivity index (χ0) is 11.5. The van der Waals surface area contributed by atoms with Crippen molar-refractivity contribution in [1.82, 2.24) is 4.98 Å². The second kappa shape index (κ2) is 6.39. The molecule has 1 aromatic rings. The molecule has 0 saturated heterocycles. The molecule has 1 aromatic heterocycles. The van der Waals surface area contributed by atoms with Gasteiger partial charge in [-0.15, -0.1) is 0 Å². The van der Waals surface area contributed by atoms with E-state index < -0.39 is 0 Å². The Labute approximate surface area is 115 Å².